The third kappa shape index (κ3) is 4.41. The van der Waals surface area contributed by atoms with Gasteiger partial charge < -0.3 is 15.2 Å². The van der Waals surface area contributed by atoms with Crippen molar-refractivity contribution in [3.8, 4) is 0 Å². The van der Waals surface area contributed by atoms with Crippen molar-refractivity contribution in [2.24, 2.45) is 0 Å². The molecule has 2 rings (SSSR count). The minimum absolute atomic E-state index is 0.0268. The molecule has 1 fully saturated rings. The van der Waals surface area contributed by atoms with E-state index < -0.39 is 0 Å². The van der Waals surface area contributed by atoms with Gasteiger partial charge in [0.1, 0.15) is 0 Å². The number of morpholine rings is 1. The molecule has 0 aliphatic carbocycles. The summed E-state index contributed by atoms with van der Waals surface area (Å²) in [5.74, 6) is -0.109. The second-order valence-corrected chi connectivity index (χ2v) is 5.80. The topological polar surface area (TPSA) is 61.8 Å². The van der Waals surface area contributed by atoms with Gasteiger partial charge in [0.15, 0.2) is 0 Å². The Morgan fingerprint density at radius 1 is 1.52 bits per heavy atom. The summed E-state index contributed by atoms with van der Waals surface area (Å²) in [5.41, 5.74) is 2.68. The summed E-state index contributed by atoms with van der Waals surface area (Å²) in [5, 5.41) is 12.5. The van der Waals surface area contributed by atoms with Gasteiger partial charge in [-0.05, 0) is 31.0 Å². The second kappa shape index (κ2) is 7.22. The number of anilines is 1. The number of hydrogen-bond acceptors (Lipinski definition) is 4. The SMILES string of the molecule is Cc1cc(C)c(NC(=O)CN2CCOC(CO)C2)c(Cl)c1. The lowest BCUT2D eigenvalue weighted by Crippen LogP contribution is -2.46. The Hall–Kier alpha value is -1.14. The van der Waals surface area contributed by atoms with Crippen LogP contribution in [0.3, 0.4) is 0 Å². The first-order valence-corrected chi connectivity index (χ1v) is 7.39. The highest BCUT2D eigenvalue weighted by Crippen LogP contribution is 2.27. The zero-order valence-corrected chi connectivity index (χ0v) is 13.1. The van der Waals surface area contributed by atoms with Crippen LogP contribution in [0, 0.1) is 13.8 Å². The van der Waals surface area contributed by atoms with Gasteiger partial charge in [-0.2, -0.15) is 0 Å². The van der Waals surface area contributed by atoms with E-state index in [1.54, 1.807) is 0 Å². The fraction of sp³-hybridized carbons (Fsp3) is 0.533. The molecule has 21 heavy (non-hydrogen) atoms. The highest BCUT2D eigenvalue weighted by molar-refractivity contribution is 6.34. The summed E-state index contributed by atoms with van der Waals surface area (Å²) < 4.78 is 5.36. The Morgan fingerprint density at radius 2 is 2.29 bits per heavy atom. The standard InChI is InChI=1S/C15H21ClN2O3/c1-10-5-11(2)15(13(16)6-10)17-14(20)8-18-3-4-21-12(7-18)9-19/h5-6,12,19H,3-4,7-9H2,1-2H3,(H,17,20). The molecular formula is C15H21ClN2O3. The van der Waals surface area contributed by atoms with E-state index in [-0.39, 0.29) is 25.2 Å². The number of carbonyl (C=O) groups excluding carboxylic acids is 1. The molecule has 0 aromatic heterocycles. The first kappa shape index (κ1) is 16.2. The molecule has 1 amide bonds. The molecule has 0 saturated carbocycles. The molecule has 1 atom stereocenters. The number of carbonyl (C=O) groups is 1. The molecule has 1 saturated heterocycles. The van der Waals surface area contributed by atoms with Gasteiger partial charge in [-0.15, -0.1) is 0 Å². The number of nitrogens with one attached hydrogen (secondary N) is 1. The number of aliphatic hydroxyl groups is 1. The molecule has 1 unspecified atom stereocenters. The van der Waals surface area contributed by atoms with E-state index >= 15 is 0 Å². The predicted molar refractivity (Wildman–Crippen MR) is 82.8 cm³/mol. The molecule has 0 bridgehead atoms. The van der Waals surface area contributed by atoms with E-state index in [0.717, 1.165) is 11.1 Å². The number of rotatable bonds is 4. The van der Waals surface area contributed by atoms with Crippen molar-refractivity contribution in [1.82, 2.24) is 4.90 Å². The third-order valence-electron chi connectivity index (χ3n) is 3.49. The maximum Gasteiger partial charge on any atom is 0.238 e. The number of hydrogen-bond donors (Lipinski definition) is 2. The Bertz CT molecular complexity index is 499. The smallest absolute Gasteiger partial charge is 0.238 e. The molecular weight excluding hydrogens is 292 g/mol. The molecule has 2 N–H and O–H groups in total. The van der Waals surface area contributed by atoms with Gasteiger partial charge >= 0.3 is 0 Å². The Kier molecular flexibility index (Phi) is 5.58. The van der Waals surface area contributed by atoms with E-state index in [9.17, 15) is 4.79 Å². The average Bonchev–Trinajstić information content (AvgIpc) is 2.43. The lowest BCUT2D eigenvalue weighted by Gasteiger charge is -2.31. The van der Waals surface area contributed by atoms with Crippen molar-refractivity contribution in [1.29, 1.82) is 0 Å². The summed E-state index contributed by atoms with van der Waals surface area (Å²) >= 11 is 6.19. The normalized spacial score (nSPS) is 19.5. The lowest BCUT2D eigenvalue weighted by atomic mass is 10.1. The molecule has 1 aromatic rings. The maximum absolute atomic E-state index is 12.2. The van der Waals surface area contributed by atoms with Crippen LogP contribution in [0.25, 0.3) is 0 Å². The fourth-order valence-corrected chi connectivity index (χ4v) is 2.86. The lowest BCUT2D eigenvalue weighted by molar-refractivity contribution is -0.120. The van der Waals surface area contributed by atoms with Crippen LogP contribution in [0.5, 0.6) is 0 Å². The van der Waals surface area contributed by atoms with Crippen molar-refractivity contribution < 1.29 is 14.6 Å². The van der Waals surface area contributed by atoms with E-state index in [1.807, 2.05) is 30.9 Å². The third-order valence-corrected chi connectivity index (χ3v) is 3.79. The number of amides is 1. The first-order chi connectivity index (χ1) is 9.99. The fourth-order valence-electron chi connectivity index (χ4n) is 2.49. The van der Waals surface area contributed by atoms with Crippen molar-refractivity contribution in [2.45, 2.75) is 20.0 Å². The van der Waals surface area contributed by atoms with Gasteiger partial charge in [-0.25, -0.2) is 0 Å². The summed E-state index contributed by atoms with van der Waals surface area (Å²) in [6.07, 6.45) is -0.212. The first-order valence-electron chi connectivity index (χ1n) is 7.01. The van der Waals surface area contributed by atoms with Gasteiger partial charge in [0, 0.05) is 13.1 Å². The zero-order valence-electron chi connectivity index (χ0n) is 12.4. The minimum Gasteiger partial charge on any atom is -0.394 e. The van der Waals surface area contributed by atoms with Crippen LogP contribution >= 0.6 is 11.6 Å². The van der Waals surface area contributed by atoms with Crippen LogP contribution in [-0.2, 0) is 9.53 Å². The number of benzene rings is 1. The van der Waals surface area contributed by atoms with Crippen LogP contribution in [0.15, 0.2) is 12.1 Å². The van der Waals surface area contributed by atoms with Gasteiger partial charge in [0.05, 0.1) is 36.6 Å². The summed E-state index contributed by atoms with van der Waals surface area (Å²) in [6, 6.07) is 3.82. The quantitative estimate of drug-likeness (QED) is 0.886. The molecule has 0 spiro atoms. The molecule has 1 aliphatic heterocycles. The van der Waals surface area contributed by atoms with Crippen LogP contribution in [0.2, 0.25) is 5.02 Å². The number of nitrogens with zero attached hydrogens (tertiary/aromatic N) is 1. The molecule has 6 heteroatoms. The van der Waals surface area contributed by atoms with E-state index in [4.69, 9.17) is 21.4 Å². The number of aryl methyl sites for hydroxylation is 2. The van der Waals surface area contributed by atoms with E-state index in [0.29, 0.717) is 30.4 Å². The van der Waals surface area contributed by atoms with Gasteiger partial charge in [0.25, 0.3) is 0 Å². The highest BCUT2D eigenvalue weighted by atomic mass is 35.5. The summed E-state index contributed by atoms with van der Waals surface area (Å²) in [6.45, 7) is 5.90. The van der Waals surface area contributed by atoms with Crippen LogP contribution in [0.4, 0.5) is 5.69 Å². The Balaban J connectivity index is 1.96. The molecule has 1 heterocycles. The predicted octanol–water partition coefficient (Wildman–Crippen LogP) is 1.59. The number of aliphatic hydroxyl groups excluding tert-OH is 1. The molecule has 116 valence electrons. The molecule has 1 aromatic carbocycles. The zero-order chi connectivity index (χ0) is 15.4. The van der Waals surface area contributed by atoms with Crippen molar-refractivity contribution >= 4 is 23.2 Å². The monoisotopic (exact) mass is 312 g/mol. The summed E-state index contributed by atoms with van der Waals surface area (Å²) in [4.78, 5) is 14.1. The van der Waals surface area contributed by atoms with Crippen molar-refractivity contribution in [2.75, 3.05) is 38.2 Å². The van der Waals surface area contributed by atoms with Crippen molar-refractivity contribution in [3.05, 3.63) is 28.3 Å². The summed E-state index contributed by atoms with van der Waals surface area (Å²) in [7, 11) is 0. The number of halogens is 1. The van der Waals surface area contributed by atoms with E-state index in [1.165, 1.54) is 0 Å². The minimum atomic E-state index is -0.212. The molecule has 1 aliphatic rings. The highest BCUT2D eigenvalue weighted by Gasteiger charge is 2.21. The number of ether oxygens (including phenoxy) is 1. The van der Waals surface area contributed by atoms with Gasteiger partial charge in [0.2, 0.25) is 5.91 Å². The largest absolute Gasteiger partial charge is 0.394 e. The molecule has 0 radical (unpaired) electrons. The van der Waals surface area contributed by atoms with E-state index in [2.05, 4.69) is 5.32 Å². The van der Waals surface area contributed by atoms with Crippen LogP contribution in [-0.4, -0.2) is 54.9 Å². The van der Waals surface area contributed by atoms with Gasteiger partial charge in [-0.1, -0.05) is 17.7 Å². The second-order valence-electron chi connectivity index (χ2n) is 5.40. The Morgan fingerprint density at radius 3 is 2.95 bits per heavy atom. The van der Waals surface area contributed by atoms with Crippen LogP contribution < -0.4 is 5.32 Å². The maximum atomic E-state index is 12.2. The van der Waals surface area contributed by atoms with Crippen molar-refractivity contribution in [3.63, 3.8) is 0 Å². The van der Waals surface area contributed by atoms with Gasteiger partial charge in [-0.3, -0.25) is 9.69 Å². The molecule has 5 nitrogen and oxygen atoms in total. The van der Waals surface area contributed by atoms with Crippen LogP contribution in [0.1, 0.15) is 11.1 Å². The Labute approximate surface area is 129 Å². The average molecular weight is 313 g/mol.